The number of methoxy groups -OCH3 is 1. The van der Waals surface area contributed by atoms with E-state index in [9.17, 15) is 9.90 Å². The van der Waals surface area contributed by atoms with Gasteiger partial charge in [0.15, 0.2) is 11.5 Å². The van der Waals surface area contributed by atoms with Gasteiger partial charge in [0.1, 0.15) is 24.2 Å². The number of hydrogen-bond acceptors (Lipinski definition) is 10. The van der Waals surface area contributed by atoms with E-state index in [0.29, 0.717) is 52.8 Å². The van der Waals surface area contributed by atoms with Gasteiger partial charge in [-0.2, -0.15) is 8.75 Å². The number of aliphatic hydroxyl groups is 1. The topological polar surface area (TPSA) is 113 Å². The highest BCUT2D eigenvalue weighted by Gasteiger charge is 2.48. The lowest BCUT2D eigenvalue weighted by atomic mass is 9.88. The van der Waals surface area contributed by atoms with Crippen molar-refractivity contribution < 1.29 is 28.8 Å². The van der Waals surface area contributed by atoms with Crippen molar-refractivity contribution in [3.63, 3.8) is 0 Å². The summed E-state index contributed by atoms with van der Waals surface area (Å²) in [7, 11) is 1.54. The Labute approximate surface area is 203 Å². The van der Waals surface area contributed by atoms with E-state index in [2.05, 4.69) is 13.7 Å². The fraction of sp³-hybridized carbons (Fsp3) is 0.200. The first-order chi connectivity index (χ1) is 17.0. The number of rotatable bonds is 5. The Morgan fingerprint density at radius 1 is 1.03 bits per heavy atom. The van der Waals surface area contributed by atoms with E-state index in [4.69, 9.17) is 18.9 Å². The van der Waals surface area contributed by atoms with Gasteiger partial charge in [-0.05, 0) is 41.5 Å². The number of carbonyl (C=O) groups excluding carboxylic acids is 1. The van der Waals surface area contributed by atoms with Crippen LogP contribution < -0.4 is 14.2 Å². The van der Waals surface area contributed by atoms with Crippen LogP contribution in [0.5, 0.6) is 17.4 Å². The highest BCUT2D eigenvalue weighted by molar-refractivity contribution is 7.00. The summed E-state index contributed by atoms with van der Waals surface area (Å²) in [6, 6.07) is 13.9. The van der Waals surface area contributed by atoms with Crippen molar-refractivity contribution in [2.45, 2.75) is 12.2 Å². The largest absolute Gasteiger partial charge is 0.486 e. The lowest BCUT2D eigenvalue weighted by Gasteiger charge is -2.27. The second-order valence-electron chi connectivity index (χ2n) is 8.10. The number of esters is 1. The van der Waals surface area contributed by atoms with E-state index in [1.807, 2.05) is 6.07 Å². The summed E-state index contributed by atoms with van der Waals surface area (Å²) >= 11 is 1.09. The summed E-state index contributed by atoms with van der Waals surface area (Å²) in [5.74, 6) is -1.14. The number of fused-ring (bicyclic) bond motifs is 2. The lowest BCUT2D eigenvalue weighted by molar-refractivity contribution is -0.185. The molecule has 2 aromatic carbocycles. The Kier molecular flexibility index (Phi) is 5.12. The van der Waals surface area contributed by atoms with Gasteiger partial charge in [0.25, 0.3) is 5.79 Å². The molecular formula is C25H19N3O6S. The van der Waals surface area contributed by atoms with Crippen LogP contribution in [0.25, 0.3) is 16.6 Å². The molecule has 4 aromatic rings. The molecule has 0 saturated carbocycles. The Balaban J connectivity index is 1.51. The van der Waals surface area contributed by atoms with Gasteiger partial charge in [0, 0.05) is 29.8 Å². The smallest absolute Gasteiger partial charge is 0.342 e. The number of nitrogens with zero attached hydrogens (tertiary/aromatic N) is 3. The highest BCUT2D eigenvalue weighted by atomic mass is 32.1. The molecular weight excluding hydrogens is 470 g/mol. The maximum atomic E-state index is 13.3. The van der Waals surface area contributed by atoms with Crippen molar-refractivity contribution in [3.8, 4) is 17.4 Å². The van der Waals surface area contributed by atoms with Crippen LogP contribution in [0.1, 0.15) is 16.7 Å². The van der Waals surface area contributed by atoms with Gasteiger partial charge in [0.2, 0.25) is 5.88 Å². The summed E-state index contributed by atoms with van der Waals surface area (Å²) in [5, 5.41) is 11.9. The van der Waals surface area contributed by atoms with Crippen LogP contribution >= 0.6 is 11.7 Å². The van der Waals surface area contributed by atoms with Gasteiger partial charge in [0.05, 0.1) is 24.4 Å². The normalized spacial score (nSPS) is 19.2. The lowest BCUT2D eigenvalue weighted by Crippen LogP contribution is -2.30. The number of cyclic esters (lactones) is 1. The van der Waals surface area contributed by atoms with E-state index < -0.39 is 11.8 Å². The number of ether oxygens (including phenoxy) is 4. The fourth-order valence-electron chi connectivity index (χ4n) is 4.30. The van der Waals surface area contributed by atoms with Crippen LogP contribution in [-0.2, 0) is 21.7 Å². The minimum atomic E-state index is -2.02. The summed E-state index contributed by atoms with van der Waals surface area (Å²) in [6.45, 7) is 0.834. The Morgan fingerprint density at radius 2 is 1.86 bits per heavy atom. The van der Waals surface area contributed by atoms with Crippen LogP contribution in [-0.4, -0.2) is 45.1 Å². The summed E-state index contributed by atoms with van der Waals surface area (Å²) in [6.07, 6.45) is 1.85. The van der Waals surface area contributed by atoms with Crippen LogP contribution in [0.15, 0.2) is 60.3 Å². The van der Waals surface area contributed by atoms with Gasteiger partial charge >= 0.3 is 5.97 Å². The minimum absolute atomic E-state index is 0.205. The Hall–Kier alpha value is -4.02. The van der Waals surface area contributed by atoms with Gasteiger partial charge < -0.3 is 24.1 Å². The standard InChI is InChI=1S/C25H19N3O6S/c1-31-22-7-2-14(13-26-22)10-17-23(15-3-5-18-19(11-15)28-35-27-18)24(29)34-25(17,30)16-4-6-20-21(12-16)33-9-8-32-20/h2-7,11-13,30H,8-10H2,1H3. The van der Waals surface area contributed by atoms with Gasteiger partial charge in [-0.15, -0.1) is 0 Å². The highest BCUT2D eigenvalue weighted by Crippen LogP contribution is 2.46. The molecule has 6 rings (SSSR count). The minimum Gasteiger partial charge on any atom is -0.486 e. The molecule has 10 heteroatoms. The molecule has 0 fully saturated rings. The van der Waals surface area contributed by atoms with Crippen LogP contribution in [0.4, 0.5) is 0 Å². The maximum absolute atomic E-state index is 13.3. The number of carbonyl (C=O) groups is 1. The number of hydrogen-bond donors (Lipinski definition) is 1. The Bertz CT molecular complexity index is 1480. The van der Waals surface area contributed by atoms with Gasteiger partial charge in [-0.3, -0.25) is 0 Å². The quantitative estimate of drug-likeness (QED) is 0.422. The van der Waals surface area contributed by atoms with Crippen LogP contribution in [0.3, 0.4) is 0 Å². The van der Waals surface area contributed by atoms with E-state index in [1.54, 1.807) is 48.7 Å². The Morgan fingerprint density at radius 3 is 2.66 bits per heavy atom. The van der Waals surface area contributed by atoms with Crippen molar-refractivity contribution >= 4 is 34.3 Å². The molecule has 0 saturated heterocycles. The molecule has 35 heavy (non-hydrogen) atoms. The number of benzene rings is 2. The van der Waals surface area contributed by atoms with Crippen molar-refractivity contribution in [1.29, 1.82) is 0 Å². The molecule has 2 aliphatic rings. The molecule has 1 N–H and O–H groups in total. The zero-order valence-corrected chi connectivity index (χ0v) is 19.4. The molecule has 2 aromatic heterocycles. The maximum Gasteiger partial charge on any atom is 0.342 e. The summed E-state index contributed by atoms with van der Waals surface area (Å²) in [5.41, 5.74) is 3.76. The first-order valence-electron chi connectivity index (χ1n) is 10.9. The third-order valence-electron chi connectivity index (χ3n) is 6.02. The fourth-order valence-corrected chi connectivity index (χ4v) is 4.82. The molecule has 0 radical (unpaired) electrons. The van der Waals surface area contributed by atoms with E-state index in [-0.39, 0.29) is 12.0 Å². The third-order valence-corrected chi connectivity index (χ3v) is 6.58. The number of aromatic nitrogens is 3. The van der Waals surface area contributed by atoms with E-state index in [0.717, 1.165) is 22.8 Å². The van der Waals surface area contributed by atoms with Crippen molar-refractivity contribution in [2.75, 3.05) is 20.3 Å². The molecule has 0 aliphatic carbocycles. The molecule has 4 heterocycles. The van der Waals surface area contributed by atoms with Gasteiger partial charge in [-0.1, -0.05) is 12.1 Å². The first kappa shape index (κ1) is 21.5. The molecule has 1 unspecified atom stereocenters. The molecule has 0 bridgehead atoms. The average Bonchev–Trinajstić information content (AvgIpc) is 3.46. The molecule has 2 aliphatic heterocycles. The molecule has 1 atom stereocenters. The second-order valence-corrected chi connectivity index (χ2v) is 8.63. The van der Waals surface area contributed by atoms with E-state index >= 15 is 0 Å². The molecule has 0 spiro atoms. The van der Waals surface area contributed by atoms with Crippen LogP contribution in [0, 0.1) is 0 Å². The molecule has 176 valence electrons. The predicted molar refractivity (Wildman–Crippen MR) is 126 cm³/mol. The predicted octanol–water partition coefficient (Wildman–Crippen LogP) is 3.26. The van der Waals surface area contributed by atoms with Crippen molar-refractivity contribution in [3.05, 3.63) is 77.0 Å². The van der Waals surface area contributed by atoms with Crippen molar-refractivity contribution in [1.82, 2.24) is 13.7 Å². The zero-order valence-electron chi connectivity index (χ0n) is 18.6. The van der Waals surface area contributed by atoms with Crippen LogP contribution in [0.2, 0.25) is 0 Å². The SMILES string of the molecule is COc1ccc(CC2=C(c3ccc4nsnc4c3)C(=O)OC2(O)c2ccc3c(c2)OCCO3)cn1. The van der Waals surface area contributed by atoms with E-state index in [1.165, 1.54) is 7.11 Å². The zero-order chi connectivity index (χ0) is 24.0. The average molecular weight is 490 g/mol. The third kappa shape index (κ3) is 3.67. The molecule has 0 amide bonds. The molecule has 9 nitrogen and oxygen atoms in total. The van der Waals surface area contributed by atoms with Crippen molar-refractivity contribution in [2.24, 2.45) is 0 Å². The summed E-state index contributed by atoms with van der Waals surface area (Å²) < 4.78 is 30.7. The second kappa shape index (κ2) is 8.33. The summed E-state index contributed by atoms with van der Waals surface area (Å²) in [4.78, 5) is 17.5. The first-order valence-corrected chi connectivity index (χ1v) is 11.6. The number of pyridine rings is 1. The van der Waals surface area contributed by atoms with Gasteiger partial charge in [-0.25, -0.2) is 9.78 Å². The monoisotopic (exact) mass is 489 g/mol.